The Labute approximate surface area is 172 Å². The van der Waals surface area contributed by atoms with Gasteiger partial charge in [0, 0.05) is 12.1 Å². The van der Waals surface area contributed by atoms with Gasteiger partial charge >= 0.3 is 5.97 Å². The smallest absolute Gasteiger partial charge is 0.331 e. The average molecular weight is 419 g/mol. The highest BCUT2D eigenvalue weighted by Crippen LogP contribution is 2.24. The third-order valence-electron chi connectivity index (χ3n) is 4.28. The molecule has 29 heavy (non-hydrogen) atoms. The summed E-state index contributed by atoms with van der Waals surface area (Å²) >= 11 is 2.92. The minimum atomic E-state index is -0.511. The predicted octanol–water partition coefficient (Wildman–Crippen LogP) is 4.28. The fourth-order valence-corrected chi connectivity index (χ4v) is 4.91. The maximum atomic E-state index is 12.5. The van der Waals surface area contributed by atoms with Crippen LogP contribution in [0.15, 0.2) is 65.5 Å². The second kappa shape index (κ2) is 7.23. The van der Waals surface area contributed by atoms with Crippen LogP contribution in [0.3, 0.4) is 0 Å². The first-order valence-corrected chi connectivity index (χ1v) is 10.4. The van der Waals surface area contributed by atoms with E-state index >= 15 is 0 Å². The van der Waals surface area contributed by atoms with Crippen molar-refractivity contribution >= 4 is 60.1 Å². The molecule has 0 aliphatic carbocycles. The molecule has 0 aliphatic heterocycles. The van der Waals surface area contributed by atoms with Crippen LogP contribution < -0.4 is 5.56 Å². The van der Waals surface area contributed by atoms with E-state index in [1.165, 1.54) is 34.8 Å². The van der Waals surface area contributed by atoms with Gasteiger partial charge in [0.05, 0.1) is 26.1 Å². The molecule has 8 heteroatoms. The zero-order chi connectivity index (χ0) is 19.8. The second-order valence-corrected chi connectivity index (χ2v) is 8.31. The van der Waals surface area contributed by atoms with Crippen molar-refractivity contribution in [1.82, 2.24) is 14.4 Å². The van der Waals surface area contributed by atoms with Crippen molar-refractivity contribution < 1.29 is 9.53 Å². The number of hydrogen-bond donors (Lipinski definition) is 0. The largest absolute Gasteiger partial charge is 0.456 e. The Morgan fingerprint density at radius 2 is 1.83 bits per heavy atom. The maximum absolute atomic E-state index is 12.5. The predicted molar refractivity (Wildman–Crippen MR) is 115 cm³/mol. The molecule has 0 saturated heterocycles. The summed E-state index contributed by atoms with van der Waals surface area (Å²) in [7, 11) is 0. The van der Waals surface area contributed by atoms with Crippen LogP contribution in [0.2, 0.25) is 0 Å². The Morgan fingerprint density at radius 3 is 2.69 bits per heavy atom. The number of thiazole rings is 2. The molecule has 0 aliphatic rings. The molecular formula is C21H13N3O3S2. The van der Waals surface area contributed by atoms with Gasteiger partial charge in [-0.2, -0.15) is 0 Å². The van der Waals surface area contributed by atoms with Crippen LogP contribution in [-0.2, 0) is 16.1 Å². The Bertz CT molecular complexity index is 1430. The first-order chi connectivity index (χ1) is 14.2. The van der Waals surface area contributed by atoms with Crippen LogP contribution in [-0.4, -0.2) is 20.3 Å². The lowest BCUT2D eigenvalue weighted by atomic mass is 10.3. The van der Waals surface area contributed by atoms with Crippen molar-refractivity contribution in [3.05, 3.63) is 81.7 Å². The summed E-state index contributed by atoms with van der Waals surface area (Å²) in [5.41, 5.74) is 1.95. The van der Waals surface area contributed by atoms with Gasteiger partial charge in [0.1, 0.15) is 11.6 Å². The van der Waals surface area contributed by atoms with Gasteiger partial charge in [-0.25, -0.2) is 14.8 Å². The minimum Gasteiger partial charge on any atom is -0.456 e. The molecule has 3 heterocycles. The Kier molecular flexibility index (Phi) is 4.42. The Balaban J connectivity index is 1.32. The average Bonchev–Trinajstić information content (AvgIpc) is 3.31. The third kappa shape index (κ3) is 3.43. The number of aromatic nitrogens is 3. The summed E-state index contributed by atoms with van der Waals surface area (Å²) in [6.07, 6.45) is 2.97. The quantitative estimate of drug-likeness (QED) is 0.321. The second-order valence-electron chi connectivity index (χ2n) is 6.23. The van der Waals surface area contributed by atoms with Crippen LogP contribution in [0.5, 0.6) is 0 Å². The van der Waals surface area contributed by atoms with Crippen LogP contribution in [0.1, 0.15) is 10.7 Å². The molecule has 0 N–H and O–H groups in total. The van der Waals surface area contributed by atoms with Crippen LogP contribution in [0, 0.1) is 0 Å². The molecule has 0 spiro atoms. The molecule has 142 valence electrons. The highest BCUT2D eigenvalue weighted by atomic mass is 32.1. The van der Waals surface area contributed by atoms with Crippen molar-refractivity contribution in [3.63, 3.8) is 0 Å². The highest BCUT2D eigenvalue weighted by Gasteiger charge is 2.10. The fourth-order valence-electron chi connectivity index (χ4n) is 2.99. The van der Waals surface area contributed by atoms with Gasteiger partial charge in [0.25, 0.3) is 5.56 Å². The number of ether oxygens (including phenoxy) is 1. The summed E-state index contributed by atoms with van der Waals surface area (Å²) in [5.74, 6) is -0.511. The number of carbonyl (C=O) groups is 1. The van der Waals surface area contributed by atoms with Crippen molar-refractivity contribution in [2.75, 3.05) is 0 Å². The molecule has 5 rings (SSSR count). The molecule has 0 fully saturated rings. The van der Waals surface area contributed by atoms with Crippen molar-refractivity contribution in [3.8, 4) is 0 Å². The molecule has 3 aromatic heterocycles. The van der Waals surface area contributed by atoms with Gasteiger partial charge in [0.15, 0.2) is 4.96 Å². The SMILES string of the molecule is O=C(/C=C/c1nc2ccccc2s1)OCc1cc(=O)n2c(n1)sc1ccccc12. The third-order valence-corrected chi connectivity index (χ3v) is 6.31. The zero-order valence-electron chi connectivity index (χ0n) is 14.9. The molecule has 0 bridgehead atoms. The van der Waals surface area contributed by atoms with Crippen LogP contribution in [0.4, 0.5) is 0 Å². The number of esters is 1. The van der Waals surface area contributed by atoms with E-state index < -0.39 is 5.97 Å². The monoisotopic (exact) mass is 419 g/mol. The van der Waals surface area contributed by atoms with Crippen LogP contribution in [0.25, 0.3) is 31.5 Å². The topological polar surface area (TPSA) is 73.6 Å². The Morgan fingerprint density at radius 1 is 1.03 bits per heavy atom. The van der Waals surface area contributed by atoms with Crippen molar-refractivity contribution in [1.29, 1.82) is 0 Å². The lowest BCUT2D eigenvalue weighted by Crippen LogP contribution is -2.14. The maximum Gasteiger partial charge on any atom is 0.331 e. The fraction of sp³-hybridized carbons (Fsp3) is 0.0476. The van der Waals surface area contributed by atoms with E-state index in [1.807, 2.05) is 48.5 Å². The molecule has 0 amide bonds. The first kappa shape index (κ1) is 17.7. The van der Waals surface area contributed by atoms with E-state index in [0.29, 0.717) is 10.7 Å². The number of benzene rings is 2. The van der Waals surface area contributed by atoms with E-state index in [-0.39, 0.29) is 12.2 Å². The van der Waals surface area contributed by atoms with E-state index in [0.717, 1.165) is 25.4 Å². The molecule has 6 nitrogen and oxygen atoms in total. The van der Waals surface area contributed by atoms with Crippen molar-refractivity contribution in [2.24, 2.45) is 0 Å². The first-order valence-electron chi connectivity index (χ1n) is 8.78. The number of rotatable bonds is 4. The number of nitrogens with zero attached hydrogens (tertiary/aromatic N) is 3. The lowest BCUT2D eigenvalue weighted by Gasteiger charge is -2.02. The van der Waals surface area contributed by atoms with E-state index in [9.17, 15) is 9.59 Å². The zero-order valence-corrected chi connectivity index (χ0v) is 16.6. The minimum absolute atomic E-state index is 0.0665. The molecule has 0 unspecified atom stereocenters. The molecule has 0 atom stereocenters. The standard InChI is InChI=1S/C21H13N3O3S2/c25-19-11-13(22-21-24(19)15-6-2-4-8-17(15)29-21)12-27-20(26)10-9-18-23-14-5-1-3-7-16(14)28-18/h1-11H,12H2/b10-9+. The summed E-state index contributed by atoms with van der Waals surface area (Å²) < 4.78 is 8.85. The summed E-state index contributed by atoms with van der Waals surface area (Å²) in [5, 5.41) is 0.728. The van der Waals surface area contributed by atoms with E-state index in [2.05, 4.69) is 9.97 Å². The lowest BCUT2D eigenvalue weighted by molar-refractivity contribution is -0.139. The van der Waals surface area contributed by atoms with E-state index in [4.69, 9.17) is 4.74 Å². The normalized spacial score (nSPS) is 11.7. The highest BCUT2D eigenvalue weighted by molar-refractivity contribution is 7.23. The molecule has 0 radical (unpaired) electrons. The van der Waals surface area contributed by atoms with Gasteiger partial charge in [-0.3, -0.25) is 9.20 Å². The van der Waals surface area contributed by atoms with Crippen LogP contribution >= 0.6 is 22.7 Å². The number of para-hydroxylation sites is 2. The molecule has 0 saturated carbocycles. The number of fused-ring (bicyclic) bond motifs is 4. The molecule has 2 aromatic carbocycles. The van der Waals surface area contributed by atoms with Crippen molar-refractivity contribution in [2.45, 2.75) is 6.61 Å². The van der Waals surface area contributed by atoms with Gasteiger partial charge in [-0.15, -0.1) is 11.3 Å². The summed E-state index contributed by atoms with van der Waals surface area (Å²) in [4.78, 5) is 34.0. The van der Waals surface area contributed by atoms with Gasteiger partial charge in [-0.1, -0.05) is 35.6 Å². The van der Waals surface area contributed by atoms with Gasteiger partial charge < -0.3 is 4.74 Å². The Hall–Kier alpha value is -3.36. The van der Waals surface area contributed by atoms with Gasteiger partial charge in [0.2, 0.25) is 0 Å². The molecular weight excluding hydrogens is 406 g/mol. The van der Waals surface area contributed by atoms with Gasteiger partial charge in [-0.05, 0) is 30.3 Å². The number of carbonyl (C=O) groups excluding carboxylic acids is 1. The number of hydrogen-bond acceptors (Lipinski definition) is 7. The summed E-state index contributed by atoms with van der Waals surface area (Å²) in [6, 6.07) is 16.8. The van der Waals surface area contributed by atoms with E-state index in [1.54, 1.807) is 10.5 Å². The summed E-state index contributed by atoms with van der Waals surface area (Å²) in [6.45, 7) is -0.0665. The molecule has 5 aromatic rings.